The van der Waals surface area contributed by atoms with Gasteiger partial charge in [-0.3, -0.25) is 9.78 Å². The summed E-state index contributed by atoms with van der Waals surface area (Å²) in [6, 6.07) is 7.84. The van der Waals surface area contributed by atoms with Gasteiger partial charge in [-0.1, -0.05) is 44.4 Å². The van der Waals surface area contributed by atoms with Gasteiger partial charge in [-0.15, -0.1) is 0 Å². The molecule has 2 heterocycles. The number of piperazine rings is 1. The van der Waals surface area contributed by atoms with Crippen molar-refractivity contribution in [3.63, 3.8) is 0 Å². The van der Waals surface area contributed by atoms with Crippen molar-refractivity contribution in [3.05, 3.63) is 41.1 Å². The number of hydrogen-bond donors (Lipinski definition) is 0. The van der Waals surface area contributed by atoms with Crippen LogP contribution in [0.1, 0.15) is 60.6 Å². The van der Waals surface area contributed by atoms with Crippen LogP contribution in [0.15, 0.2) is 24.3 Å². The highest BCUT2D eigenvalue weighted by atomic mass is 32.2. The smallest absolute Gasteiger partial charge is 0.282 e. The first kappa shape index (κ1) is 23.1. The highest BCUT2D eigenvalue weighted by molar-refractivity contribution is 7.86. The molecule has 2 aliphatic rings. The van der Waals surface area contributed by atoms with E-state index in [0.717, 1.165) is 54.3 Å². The van der Waals surface area contributed by atoms with Crippen molar-refractivity contribution in [1.29, 1.82) is 0 Å². The molecule has 1 saturated heterocycles. The highest BCUT2D eigenvalue weighted by Gasteiger charge is 2.36. The lowest BCUT2D eigenvalue weighted by atomic mass is 9.96. The normalized spacial score (nSPS) is 19.1. The van der Waals surface area contributed by atoms with Crippen molar-refractivity contribution in [2.75, 3.05) is 33.2 Å². The molecule has 8 heteroatoms. The van der Waals surface area contributed by atoms with Crippen LogP contribution in [0.5, 0.6) is 0 Å². The van der Waals surface area contributed by atoms with Gasteiger partial charge in [0, 0.05) is 50.3 Å². The van der Waals surface area contributed by atoms with Crippen LogP contribution in [0, 0.1) is 6.92 Å². The van der Waals surface area contributed by atoms with Gasteiger partial charge >= 0.3 is 0 Å². The maximum atomic E-state index is 13.6. The van der Waals surface area contributed by atoms with Gasteiger partial charge in [0.15, 0.2) is 0 Å². The van der Waals surface area contributed by atoms with Gasteiger partial charge in [0.25, 0.3) is 16.1 Å². The Hall–Kier alpha value is -2.03. The topological polar surface area (TPSA) is 73.8 Å². The first-order valence-electron chi connectivity index (χ1n) is 11.7. The molecule has 0 N–H and O–H groups in total. The molecule has 32 heavy (non-hydrogen) atoms. The molecule has 0 spiro atoms. The Balaban J connectivity index is 1.51. The molecule has 174 valence electrons. The average Bonchev–Trinajstić information content (AvgIpc) is 2.83. The summed E-state index contributed by atoms with van der Waals surface area (Å²) in [5.74, 6) is -0.0338. The maximum absolute atomic E-state index is 13.6. The predicted molar refractivity (Wildman–Crippen MR) is 127 cm³/mol. The molecule has 7 nitrogen and oxygen atoms in total. The van der Waals surface area contributed by atoms with Crippen LogP contribution in [-0.2, 0) is 16.6 Å². The van der Waals surface area contributed by atoms with Crippen molar-refractivity contribution >= 4 is 27.0 Å². The van der Waals surface area contributed by atoms with E-state index in [0.29, 0.717) is 31.7 Å². The largest absolute Gasteiger partial charge is 0.336 e. The van der Waals surface area contributed by atoms with Crippen LogP contribution < -0.4 is 0 Å². The van der Waals surface area contributed by atoms with E-state index in [2.05, 4.69) is 0 Å². The van der Waals surface area contributed by atoms with Crippen molar-refractivity contribution in [1.82, 2.24) is 18.5 Å². The molecule has 0 unspecified atom stereocenters. The number of amides is 1. The fourth-order valence-electron chi connectivity index (χ4n) is 5.07. The number of rotatable bonds is 5. The third-order valence-electron chi connectivity index (χ3n) is 7.09. The molecule has 2 fully saturated rings. The number of nitrogens with zero attached hydrogens (tertiary/aromatic N) is 4. The Morgan fingerprint density at radius 3 is 2.41 bits per heavy atom. The van der Waals surface area contributed by atoms with Crippen LogP contribution in [0.25, 0.3) is 10.9 Å². The monoisotopic (exact) mass is 458 g/mol. The SMILES string of the molecule is CCc1nc2ccccc2c(C(=O)N2CCN(S(=O)(=O)N(C)C3CCCCC3)CC2)c1C. The van der Waals surface area contributed by atoms with Crippen LogP contribution in [0.4, 0.5) is 0 Å². The zero-order valence-electron chi connectivity index (χ0n) is 19.4. The summed E-state index contributed by atoms with van der Waals surface area (Å²) in [5, 5.41) is 0.860. The summed E-state index contributed by atoms with van der Waals surface area (Å²) in [4.78, 5) is 20.1. The first-order chi connectivity index (χ1) is 15.3. The van der Waals surface area contributed by atoms with E-state index in [1.54, 1.807) is 20.6 Å². The minimum atomic E-state index is -3.51. The summed E-state index contributed by atoms with van der Waals surface area (Å²) in [7, 11) is -1.80. The van der Waals surface area contributed by atoms with Gasteiger partial charge < -0.3 is 4.90 Å². The zero-order valence-corrected chi connectivity index (χ0v) is 20.2. The van der Waals surface area contributed by atoms with Crippen LogP contribution in [0.3, 0.4) is 0 Å². The number of pyridine rings is 1. The fourth-order valence-corrected chi connectivity index (χ4v) is 6.65. The van der Waals surface area contributed by atoms with E-state index in [9.17, 15) is 13.2 Å². The highest BCUT2D eigenvalue weighted by Crippen LogP contribution is 2.27. The van der Waals surface area contributed by atoms with Gasteiger partial charge in [0.2, 0.25) is 0 Å². The zero-order chi connectivity index (χ0) is 22.9. The molecule has 1 aliphatic carbocycles. The summed E-state index contributed by atoms with van der Waals surface area (Å²) in [5.41, 5.74) is 3.38. The minimum absolute atomic E-state index is 0.0338. The molecule has 1 aliphatic heterocycles. The third-order valence-corrected chi connectivity index (χ3v) is 9.13. The molecular formula is C24H34N4O3S. The summed E-state index contributed by atoms with van der Waals surface area (Å²) < 4.78 is 29.5. The Kier molecular flexibility index (Phi) is 6.83. The van der Waals surface area contributed by atoms with E-state index in [1.807, 2.05) is 38.1 Å². The van der Waals surface area contributed by atoms with Crippen molar-refractivity contribution in [2.24, 2.45) is 0 Å². The Morgan fingerprint density at radius 1 is 1.09 bits per heavy atom. The molecule has 1 aromatic heterocycles. The molecule has 2 aromatic rings. The quantitative estimate of drug-likeness (QED) is 0.689. The van der Waals surface area contributed by atoms with E-state index in [-0.39, 0.29) is 11.9 Å². The van der Waals surface area contributed by atoms with Gasteiger partial charge in [-0.25, -0.2) is 0 Å². The summed E-state index contributed by atoms with van der Waals surface area (Å²) in [6.07, 6.45) is 5.99. The van der Waals surface area contributed by atoms with E-state index in [4.69, 9.17) is 4.98 Å². The van der Waals surface area contributed by atoms with Gasteiger partial charge in [0.05, 0.1) is 11.1 Å². The second kappa shape index (κ2) is 9.45. The van der Waals surface area contributed by atoms with Gasteiger partial charge in [-0.2, -0.15) is 17.0 Å². The lowest BCUT2D eigenvalue weighted by Crippen LogP contribution is -2.55. The molecule has 1 amide bonds. The maximum Gasteiger partial charge on any atom is 0.282 e. The Labute approximate surface area is 191 Å². The number of fused-ring (bicyclic) bond motifs is 1. The minimum Gasteiger partial charge on any atom is -0.336 e. The van der Waals surface area contributed by atoms with Crippen molar-refractivity contribution < 1.29 is 13.2 Å². The second-order valence-corrected chi connectivity index (χ2v) is 10.9. The van der Waals surface area contributed by atoms with E-state index >= 15 is 0 Å². The fraction of sp³-hybridized carbons (Fsp3) is 0.583. The number of benzene rings is 1. The molecule has 0 atom stereocenters. The molecule has 1 saturated carbocycles. The summed E-state index contributed by atoms with van der Waals surface area (Å²) >= 11 is 0. The molecule has 0 bridgehead atoms. The van der Waals surface area contributed by atoms with Crippen molar-refractivity contribution in [3.8, 4) is 0 Å². The number of carbonyl (C=O) groups excluding carboxylic acids is 1. The van der Waals surface area contributed by atoms with Crippen LogP contribution in [0.2, 0.25) is 0 Å². The van der Waals surface area contributed by atoms with Crippen LogP contribution >= 0.6 is 0 Å². The van der Waals surface area contributed by atoms with Gasteiger partial charge in [-0.05, 0) is 37.8 Å². The second-order valence-electron chi connectivity index (χ2n) is 8.94. The predicted octanol–water partition coefficient (Wildman–Crippen LogP) is 3.37. The molecular weight excluding hydrogens is 424 g/mol. The average molecular weight is 459 g/mol. The molecule has 4 rings (SSSR count). The summed E-state index contributed by atoms with van der Waals surface area (Å²) in [6.45, 7) is 5.46. The number of aromatic nitrogens is 1. The van der Waals surface area contributed by atoms with Crippen molar-refractivity contribution in [2.45, 2.75) is 58.4 Å². The van der Waals surface area contributed by atoms with Crippen LogP contribution in [-0.4, -0.2) is 72.1 Å². The third kappa shape index (κ3) is 4.28. The molecule has 0 radical (unpaired) electrons. The number of hydrogen-bond acceptors (Lipinski definition) is 4. The van der Waals surface area contributed by atoms with E-state index in [1.165, 1.54) is 6.42 Å². The Morgan fingerprint density at radius 2 is 1.75 bits per heavy atom. The Bertz CT molecular complexity index is 1090. The van der Waals surface area contributed by atoms with Gasteiger partial charge in [0.1, 0.15) is 0 Å². The standard InChI is InChI=1S/C24H34N4O3S/c1-4-21-18(2)23(20-12-8-9-13-22(20)25-21)24(29)27-14-16-28(17-15-27)32(30,31)26(3)19-10-6-5-7-11-19/h8-9,12-13,19H,4-7,10-11,14-17H2,1-3H3. The molecule has 1 aromatic carbocycles. The lowest BCUT2D eigenvalue weighted by molar-refractivity contribution is 0.0694. The number of aryl methyl sites for hydroxylation is 1. The van der Waals surface area contributed by atoms with E-state index < -0.39 is 10.2 Å². The number of carbonyl (C=O) groups is 1. The first-order valence-corrected chi connectivity index (χ1v) is 13.1. The lowest BCUT2D eigenvalue weighted by Gasteiger charge is -2.39. The number of para-hydroxylation sites is 1.